The Morgan fingerprint density at radius 1 is 1.62 bits per heavy atom. The van der Waals surface area contributed by atoms with Gasteiger partial charge in [-0.05, 0) is 6.42 Å². The number of hydrogen-bond acceptors (Lipinski definition) is 3. The summed E-state index contributed by atoms with van der Waals surface area (Å²) in [6.07, 6.45) is 4.35. The van der Waals surface area contributed by atoms with Crippen LogP contribution in [-0.4, -0.2) is 18.3 Å². The quantitative estimate of drug-likeness (QED) is 0.372. The van der Waals surface area contributed by atoms with E-state index in [0.29, 0.717) is 12.1 Å². The van der Waals surface area contributed by atoms with Gasteiger partial charge in [-0.25, -0.2) is 0 Å². The lowest BCUT2D eigenvalue weighted by Gasteiger charge is -2.24. The molecule has 0 aliphatic heterocycles. The van der Waals surface area contributed by atoms with Crippen LogP contribution in [0.25, 0.3) is 0 Å². The van der Waals surface area contributed by atoms with Gasteiger partial charge in [0.1, 0.15) is 0 Å². The van der Waals surface area contributed by atoms with Gasteiger partial charge in [0.25, 0.3) is 7.41 Å². The maximum absolute atomic E-state index is 9.59. The zero-order valence-electron chi connectivity index (χ0n) is 8.71. The topological polar surface area (TPSA) is 55.5 Å². The smallest absolute Gasteiger partial charge is 0.290 e. The average Bonchev–Trinajstić information content (AvgIpc) is 2.12. The summed E-state index contributed by atoms with van der Waals surface area (Å²) < 4.78 is 5.27. The molecule has 0 bridgehead atoms. The van der Waals surface area contributed by atoms with E-state index >= 15 is 0 Å². The number of rotatable bonds is 6. The molecule has 0 fully saturated rings. The van der Waals surface area contributed by atoms with Crippen molar-refractivity contribution in [3.05, 3.63) is 11.7 Å². The number of hydrogen-bond donors (Lipinski definition) is 2. The minimum absolute atomic E-state index is 0.532. The Labute approximate surface area is 81.2 Å². The molecular weight excluding hydrogens is 165 g/mol. The largest absolute Gasteiger partial charge is 0.477 e. The maximum atomic E-state index is 9.59. The van der Waals surface area contributed by atoms with Crippen LogP contribution in [0.4, 0.5) is 0 Å². The van der Waals surface area contributed by atoms with Gasteiger partial charge in [-0.15, -0.1) is 0 Å². The summed E-state index contributed by atoms with van der Waals surface area (Å²) in [7, 11) is 1.37. The fraction of sp³-hybridized carbons (Fsp3) is 0.778. The number of nitrogens with two attached hydrogens (primary N) is 1. The molecule has 0 spiro atoms. The number of aliphatic hydroxyl groups is 1. The summed E-state index contributed by atoms with van der Waals surface area (Å²) in [6, 6.07) is 0. The van der Waals surface area contributed by atoms with E-state index in [2.05, 4.69) is 6.92 Å². The van der Waals surface area contributed by atoms with Crippen molar-refractivity contribution in [2.45, 2.75) is 45.8 Å². The van der Waals surface area contributed by atoms with Gasteiger partial charge in [-0.3, -0.25) is 0 Å². The van der Waals surface area contributed by atoms with Gasteiger partial charge >= 0.3 is 0 Å². The van der Waals surface area contributed by atoms with Gasteiger partial charge in [0.05, 0.1) is 5.66 Å². The molecule has 0 aromatic rings. The van der Waals surface area contributed by atoms with Crippen molar-refractivity contribution in [2.24, 2.45) is 5.64 Å². The molecule has 1 atom stereocenters. The van der Waals surface area contributed by atoms with E-state index in [1.54, 1.807) is 6.92 Å². The Balaban J connectivity index is 4.11. The second kappa shape index (κ2) is 6.05. The van der Waals surface area contributed by atoms with E-state index in [-0.39, 0.29) is 0 Å². The molecule has 0 aliphatic carbocycles. The Bertz CT molecular complexity index is 169. The lowest BCUT2D eigenvalue weighted by Crippen LogP contribution is -2.29. The highest BCUT2D eigenvalue weighted by molar-refractivity contribution is 6.40. The predicted octanol–water partition coefficient (Wildman–Crippen LogP) is 1.34. The normalized spacial score (nSPS) is 16.5. The van der Waals surface area contributed by atoms with Crippen LogP contribution >= 0.6 is 0 Å². The third-order valence-corrected chi connectivity index (χ3v) is 1.79. The SMILES string of the molecule is CCC/C=C(/[B]N)O[C@](C)(O)CC. The van der Waals surface area contributed by atoms with Crippen LogP contribution in [0.3, 0.4) is 0 Å². The first kappa shape index (κ1) is 12.5. The Morgan fingerprint density at radius 3 is 2.62 bits per heavy atom. The van der Waals surface area contributed by atoms with Gasteiger partial charge in [-0.1, -0.05) is 26.3 Å². The molecule has 0 heterocycles. The predicted molar refractivity (Wildman–Crippen MR) is 54.9 cm³/mol. The Hall–Kier alpha value is -0.475. The highest BCUT2D eigenvalue weighted by atomic mass is 16.6. The first-order valence-electron chi connectivity index (χ1n) is 4.72. The fourth-order valence-electron chi connectivity index (χ4n) is 0.756. The molecule has 0 unspecified atom stereocenters. The summed E-state index contributed by atoms with van der Waals surface area (Å²) >= 11 is 0. The minimum atomic E-state index is -1.12. The van der Waals surface area contributed by atoms with Crippen molar-refractivity contribution in [1.82, 2.24) is 0 Å². The molecule has 0 aromatic heterocycles. The fourth-order valence-corrected chi connectivity index (χ4v) is 0.756. The highest BCUT2D eigenvalue weighted by Crippen LogP contribution is 2.14. The van der Waals surface area contributed by atoms with Crippen molar-refractivity contribution in [3.63, 3.8) is 0 Å². The van der Waals surface area contributed by atoms with E-state index in [1.165, 1.54) is 7.41 Å². The molecule has 13 heavy (non-hydrogen) atoms. The van der Waals surface area contributed by atoms with E-state index in [0.717, 1.165) is 12.8 Å². The summed E-state index contributed by atoms with van der Waals surface area (Å²) in [6.45, 7) is 5.55. The van der Waals surface area contributed by atoms with Gasteiger partial charge in [0.2, 0.25) is 5.79 Å². The van der Waals surface area contributed by atoms with Gasteiger partial charge in [0, 0.05) is 13.3 Å². The minimum Gasteiger partial charge on any atom is -0.477 e. The molecule has 1 radical (unpaired) electrons. The van der Waals surface area contributed by atoms with Crippen LogP contribution in [0.15, 0.2) is 11.7 Å². The average molecular weight is 184 g/mol. The molecule has 0 aromatic carbocycles. The van der Waals surface area contributed by atoms with Crippen LogP contribution in [0, 0.1) is 0 Å². The molecule has 3 nitrogen and oxygen atoms in total. The second-order valence-electron chi connectivity index (χ2n) is 3.19. The van der Waals surface area contributed by atoms with E-state index in [1.807, 2.05) is 13.0 Å². The second-order valence-corrected chi connectivity index (χ2v) is 3.19. The highest BCUT2D eigenvalue weighted by Gasteiger charge is 2.19. The molecule has 0 aliphatic rings. The first-order chi connectivity index (χ1) is 6.05. The van der Waals surface area contributed by atoms with Crippen LogP contribution < -0.4 is 5.64 Å². The third kappa shape index (κ3) is 5.72. The van der Waals surface area contributed by atoms with E-state index in [4.69, 9.17) is 10.4 Å². The summed E-state index contributed by atoms with van der Waals surface area (Å²) in [4.78, 5) is 0. The number of ether oxygens (including phenoxy) is 1. The van der Waals surface area contributed by atoms with E-state index in [9.17, 15) is 5.11 Å². The van der Waals surface area contributed by atoms with Gasteiger partial charge < -0.3 is 15.5 Å². The molecule has 0 rings (SSSR count). The zero-order chi connectivity index (χ0) is 10.3. The first-order valence-corrected chi connectivity index (χ1v) is 4.72. The molecular formula is C9H19BNO2. The van der Waals surface area contributed by atoms with Crippen molar-refractivity contribution in [1.29, 1.82) is 0 Å². The van der Waals surface area contributed by atoms with Crippen molar-refractivity contribution >= 4 is 7.41 Å². The zero-order valence-corrected chi connectivity index (χ0v) is 8.71. The number of unbranched alkanes of at least 4 members (excludes halogenated alkanes) is 1. The van der Waals surface area contributed by atoms with Crippen LogP contribution in [0.2, 0.25) is 0 Å². The summed E-state index contributed by atoms with van der Waals surface area (Å²) in [5, 5.41) is 9.59. The standard InChI is InChI=1S/C9H19BNO2/c1-4-6-7-8(10-11)13-9(3,12)5-2/h7,12H,4-6,11H2,1-3H3/b8-7-/t9-/m0/s1. The Morgan fingerprint density at radius 2 is 2.23 bits per heavy atom. The Kier molecular flexibility index (Phi) is 5.83. The molecule has 0 amide bonds. The molecule has 75 valence electrons. The van der Waals surface area contributed by atoms with Crippen molar-refractivity contribution < 1.29 is 9.84 Å². The van der Waals surface area contributed by atoms with Gasteiger partial charge in [-0.2, -0.15) is 0 Å². The van der Waals surface area contributed by atoms with E-state index < -0.39 is 5.79 Å². The van der Waals surface area contributed by atoms with Crippen LogP contribution in [0.1, 0.15) is 40.0 Å². The van der Waals surface area contributed by atoms with Crippen LogP contribution in [0.5, 0.6) is 0 Å². The molecule has 0 saturated carbocycles. The van der Waals surface area contributed by atoms with Gasteiger partial charge in [0.15, 0.2) is 0 Å². The third-order valence-electron chi connectivity index (χ3n) is 1.79. The summed E-state index contributed by atoms with van der Waals surface area (Å²) in [5.74, 6) is -1.12. The van der Waals surface area contributed by atoms with Crippen molar-refractivity contribution in [3.8, 4) is 0 Å². The number of allylic oxidation sites excluding steroid dienone is 1. The molecule has 4 heteroatoms. The monoisotopic (exact) mass is 184 g/mol. The maximum Gasteiger partial charge on any atom is 0.290 e. The lowest BCUT2D eigenvalue weighted by atomic mass is 9.92. The summed E-state index contributed by atoms with van der Waals surface area (Å²) in [5.41, 5.74) is 5.90. The lowest BCUT2D eigenvalue weighted by molar-refractivity contribution is -0.157. The molecule has 3 N–H and O–H groups in total. The van der Waals surface area contributed by atoms with Crippen molar-refractivity contribution in [2.75, 3.05) is 0 Å². The molecule has 0 saturated heterocycles. The van der Waals surface area contributed by atoms with Crippen LogP contribution in [-0.2, 0) is 4.74 Å².